The molecule has 0 unspecified atom stereocenters. The molecule has 0 spiro atoms. The molecule has 0 bridgehead atoms. The lowest BCUT2D eigenvalue weighted by Crippen LogP contribution is -2.33. The molecular weight excluding hydrogens is 775 g/mol. The average molecular weight is 816 g/mol. The summed E-state index contributed by atoms with van der Waals surface area (Å²) in [5.41, 5.74) is 5.62. The summed E-state index contributed by atoms with van der Waals surface area (Å²) < 4.78 is 21.6. The van der Waals surface area contributed by atoms with Gasteiger partial charge in [0.15, 0.2) is 34.6 Å². The van der Waals surface area contributed by atoms with Crippen molar-refractivity contribution in [2.45, 2.75) is 80.5 Å². The van der Waals surface area contributed by atoms with E-state index < -0.39 is 86.8 Å². The lowest BCUT2D eigenvalue weighted by atomic mass is 10.1. The number of imidazole rings is 1. The molecule has 4 aromatic rings. The molecule has 3 saturated heterocycles. The third kappa shape index (κ3) is 8.44. The first-order valence-electron chi connectivity index (χ1n) is 16.5. The van der Waals surface area contributed by atoms with Crippen molar-refractivity contribution in [3.8, 4) is 0 Å². The van der Waals surface area contributed by atoms with Crippen LogP contribution < -0.4 is 16.9 Å². The number of aryl methyl sites for hydroxylation is 2. The van der Waals surface area contributed by atoms with Crippen LogP contribution in [0.1, 0.15) is 24.2 Å². The van der Waals surface area contributed by atoms with Gasteiger partial charge in [-0.25, -0.2) is 15.0 Å². The number of aliphatic hydroxyl groups excluding tert-OH is 9. The molecule has 7 rings (SSSR count). The van der Waals surface area contributed by atoms with Crippen molar-refractivity contribution in [1.29, 1.82) is 0 Å². The van der Waals surface area contributed by atoms with Gasteiger partial charge >= 0.3 is 0 Å². The van der Waals surface area contributed by atoms with E-state index in [1.165, 1.54) is 49.4 Å². The molecule has 3 aliphatic rings. The molecule has 12 N–H and O–H groups in total. The molecular formula is C30H41N9O14S2. The van der Waals surface area contributed by atoms with E-state index in [4.69, 9.17) is 59.7 Å². The number of rotatable bonds is 6. The highest BCUT2D eigenvalue weighted by atomic mass is 32.1. The Morgan fingerprint density at radius 1 is 0.764 bits per heavy atom. The van der Waals surface area contributed by atoms with Gasteiger partial charge in [-0.2, -0.15) is 0 Å². The van der Waals surface area contributed by atoms with Crippen LogP contribution in [0.15, 0.2) is 40.7 Å². The van der Waals surface area contributed by atoms with E-state index in [-0.39, 0.29) is 44.2 Å². The van der Waals surface area contributed by atoms with E-state index in [1.54, 1.807) is 14.0 Å². The van der Waals surface area contributed by atoms with Crippen molar-refractivity contribution in [2.24, 2.45) is 7.05 Å². The quantitative estimate of drug-likeness (QED) is 0.0815. The summed E-state index contributed by atoms with van der Waals surface area (Å²) in [4.78, 5) is 37.6. The second kappa shape index (κ2) is 17.5. The molecule has 23 nitrogen and oxygen atoms in total. The summed E-state index contributed by atoms with van der Waals surface area (Å²) in [6.07, 6.45) is -6.95. The van der Waals surface area contributed by atoms with E-state index in [9.17, 15) is 40.2 Å². The second-order valence-electron chi connectivity index (χ2n) is 12.7. The molecule has 0 aliphatic carbocycles. The lowest BCUT2D eigenvalue weighted by molar-refractivity contribution is -0.0542. The summed E-state index contributed by atoms with van der Waals surface area (Å²) in [5, 5.41) is 85.6. The first-order valence-corrected chi connectivity index (χ1v) is 17.3. The maximum absolute atomic E-state index is 11.9. The molecule has 3 fully saturated rings. The van der Waals surface area contributed by atoms with Crippen LogP contribution in [0.4, 0.5) is 5.82 Å². The van der Waals surface area contributed by atoms with Crippen molar-refractivity contribution in [1.82, 2.24) is 38.2 Å². The number of aromatic nitrogens is 8. The maximum atomic E-state index is 11.9. The van der Waals surface area contributed by atoms with Gasteiger partial charge in [-0.15, -0.1) is 0 Å². The molecule has 0 aromatic carbocycles. The number of fused-ring (bicyclic) bond motifs is 1. The Morgan fingerprint density at radius 3 is 1.73 bits per heavy atom. The minimum absolute atomic E-state index is 0.0837. The van der Waals surface area contributed by atoms with Gasteiger partial charge in [-0.05, 0) is 37.4 Å². The van der Waals surface area contributed by atoms with Gasteiger partial charge in [0.25, 0.3) is 11.1 Å². The molecule has 0 radical (unpaired) electrons. The van der Waals surface area contributed by atoms with Crippen molar-refractivity contribution in [2.75, 3.05) is 25.6 Å². The molecule has 0 amide bonds. The normalized spacial score (nSPS) is 31.5. The Hall–Kier alpha value is -3.93. The van der Waals surface area contributed by atoms with Crippen LogP contribution in [0.25, 0.3) is 11.2 Å². The number of ether oxygens (including phenoxy) is 3. The Kier molecular flexibility index (Phi) is 13.4. The van der Waals surface area contributed by atoms with Gasteiger partial charge in [0, 0.05) is 25.0 Å². The van der Waals surface area contributed by atoms with Gasteiger partial charge in [-0.1, -0.05) is 0 Å². The van der Waals surface area contributed by atoms with Crippen LogP contribution in [0.2, 0.25) is 0 Å². The fraction of sp³-hybridized carbons (Fsp3) is 0.567. The molecule has 12 atom stereocenters. The molecule has 55 heavy (non-hydrogen) atoms. The number of nitrogens with zero attached hydrogens (tertiary/aromatic N) is 7. The monoisotopic (exact) mass is 815 g/mol. The van der Waals surface area contributed by atoms with Crippen LogP contribution >= 0.6 is 24.4 Å². The summed E-state index contributed by atoms with van der Waals surface area (Å²) in [7, 11) is 1.56. The zero-order valence-electron chi connectivity index (χ0n) is 29.0. The lowest BCUT2D eigenvalue weighted by Gasteiger charge is -2.18. The molecule has 7 heterocycles. The van der Waals surface area contributed by atoms with Crippen molar-refractivity contribution in [3.63, 3.8) is 0 Å². The van der Waals surface area contributed by atoms with E-state index in [1.807, 2.05) is 0 Å². The summed E-state index contributed by atoms with van der Waals surface area (Å²) in [6.45, 7) is 0.372. The van der Waals surface area contributed by atoms with Gasteiger partial charge in [0.1, 0.15) is 60.8 Å². The number of nitrogens with one attached hydrogen (secondary N) is 1. The molecule has 4 aromatic heterocycles. The van der Waals surface area contributed by atoms with E-state index in [0.717, 1.165) is 0 Å². The Bertz CT molecular complexity index is 2200. The van der Waals surface area contributed by atoms with Crippen LogP contribution in [-0.4, -0.2) is 159 Å². The average Bonchev–Trinajstić information content (AvgIpc) is 3.88. The highest BCUT2D eigenvalue weighted by Gasteiger charge is 2.45. The molecule has 25 heteroatoms. The Balaban J connectivity index is 0.000000159. The van der Waals surface area contributed by atoms with Gasteiger partial charge in [0.05, 0.1) is 32.5 Å². The third-order valence-corrected chi connectivity index (χ3v) is 9.63. The molecule has 0 saturated carbocycles. The first kappa shape index (κ1) is 42.2. The molecule has 3 aliphatic heterocycles. The number of hydrogen-bond acceptors (Lipinski definition) is 20. The van der Waals surface area contributed by atoms with E-state index >= 15 is 0 Å². The van der Waals surface area contributed by atoms with Crippen LogP contribution in [0.5, 0.6) is 0 Å². The summed E-state index contributed by atoms with van der Waals surface area (Å²) in [6, 6.07) is 1.50. The topological polar surface area (TPSA) is 344 Å². The zero-order chi connectivity index (χ0) is 40.5. The van der Waals surface area contributed by atoms with E-state index in [2.05, 4.69) is 19.9 Å². The highest BCUT2D eigenvalue weighted by Crippen LogP contribution is 2.32. The third-order valence-electron chi connectivity index (χ3n) is 9.02. The molecule has 302 valence electrons. The first-order chi connectivity index (χ1) is 26.0. The predicted molar refractivity (Wildman–Crippen MR) is 190 cm³/mol. The van der Waals surface area contributed by atoms with Gasteiger partial charge < -0.3 is 70.5 Å². The minimum Gasteiger partial charge on any atom is -0.394 e. The van der Waals surface area contributed by atoms with Crippen molar-refractivity contribution in [3.05, 3.63) is 66.9 Å². The van der Waals surface area contributed by atoms with Gasteiger partial charge in [0.2, 0.25) is 4.77 Å². The number of anilines is 1. The number of nitrogens with two attached hydrogens (primary N) is 1. The Morgan fingerprint density at radius 2 is 1.25 bits per heavy atom. The van der Waals surface area contributed by atoms with Crippen molar-refractivity contribution < 1.29 is 60.2 Å². The fourth-order valence-corrected chi connectivity index (χ4v) is 6.42. The number of aliphatic hydroxyl groups is 9. The van der Waals surface area contributed by atoms with Crippen LogP contribution in [-0.2, 0) is 21.3 Å². The zero-order valence-corrected chi connectivity index (χ0v) is 30.7. The summed E-state index contributed by atoms with van der Waals surface area (Å²) >= 11 is 9.95. The Labute approximate surface area is 319 Å². The largest absolute Gasteiger partial charge is 0.394 e. The number of aromatic amines is 1. The van der Waals surface area contributed by atoms with Gasteiger partial charge in [-0.3, -0.25) is 28.3 Å². The van der Waals surface area contributed by atoms with E-state index in [0.29, 0.717) is 5.56 Å². The fourth-order valence-electron chi connectivity index (χ4n) is 5.90. The maximum Gasteiger partial charge on any atom is 0.281 e. The van der Waals surface area contributed by atoms with Crippen molar-refractivity contribution >= 4 is 41.4 Å². The number of H-pyrrole nitrogens is 1. The number of hydrogen-bond donors (Lipinski definition) is 11. The second-order valence-corrected chi connectivity index (χ2v) is 13.4. The predicted octanol–water partition coefficient (Wildman–Crippen LogP) is -4.63. The minimum atomic E-state index is -1.24. The van der Waals surface area contributed by atoms with Crippen LogP contribution in [0, 0.1) is 16.5 Å². The standard InChI is InChI=1S/C11H14N4O5.C10H14N2O5S.C9H13N3O4S/c1-14-3-13-9-6(10(14)19)12-4-15(9)11-8(18)7(17)5(2-16)20-11;1-4-2-12(10(18)11-8(4)16)9-7(15)6(14)5(3-13)17-9;10-5-1-2-12(9(17)11-5)8-7(15)6(14)4(3-13)16-8/h3-5,7-8,11,16-18H,2H2,1H3;2,5-7,9,13-15H,3H2,1H3,(H,11,16,18);1-2,4,6-8,13-15H,3H2,(H2,10,11,17)/t5-,7-,8-,11-;5-,6-,7-,9-;4-,6-,7-,8-/m111/s1. The van der Waals surface area contributed by atoms with Crippen LogP contribution in [0.3, 0.4) is 0 Å². The summed E-state index contributed by atoms with van der Waals surface area (Å²) in [5.74, 6) is 0.262. The SMILES string of the molecule is Cc1cn([C@@H]2O[C@H](CO)[C@@H](O)[C@H]2O)c(=S)[nH]c1=O.Cn1cnc2c(ncn2[C@@H]2O[C@H](CO)[C@@H](O)[C@H]2O)c1=O.Nc1ccn([C@@H]2O[C@H](CO)[C@@H](O)[C@H]2O)c(=S)n1. The highest BCUT2D eigenvalue weighted by molar-refractivity contribution is 7.71. The smallest absolute Gasteiger partial charge is 0.281 e. The number of nitrogen functional groups attached to an aromatic ring is 1.